The molecular weight excluding hydrogens is 350 g/mol. The summed E-state index contributed by atoms with van der Waals surface area (Å²) in [6.07, 6.45) is 2.01. The molecule has 6 nitrogen and oxygen atoms in total. The number of hydrogen-bond acceptors (Lipinski definition) is 7. The van der Waals surface area contributed by atoms with Crippen molar-refractivity contribution in [2.75, 3.05) is 21.3 Å². The zero-order valence-corrected chi connectivity index (χ0v) is 16.2. The maximum atomic E-state index is 11.3. The maximum Gasteiger partial charge on any atom is 0.500 e. The second-order valence-electron chi connectivity index (χ2n) is 3.81. The van der Waals surface area contributed by atoms with Crippen LogP contribution in [0.2, 0.25) is 6.04 Å². The highest BCUT2D eigenvalue weighted by atomic mass is 32.2. The van der Waals surface area contributed by atoms with Crippen LogP contribution in [0.1, 0.15) is 26.2 Å². The topological polar surface area (TPSA) is 87.9 Å². The second-order valence-corrected chi connectivity index (χ2v) is 9.33. The summed E-state index contributed by atoms with van der Waals surface area (Å²) >= 11 is 8.88. The van der Waals surface area contributed by atoms with E-state index in [1.807, 2.05) is 0 Å². The predicted octanol–water partition coefficient (Wildman–Crippen LogP) is 2.00. The lowest BCUT2D eigenvalue weighted by Gasteiger charge is -2.24. The van der Waals surface area contributed by atoms with E-state index >= 15 is 0 Å². The van der Waals surface area contributed by atoms with Gasteiger partial charge in [0.2, 0.25) is 0 Å². The van der Waals surface area contributed by atoms with Gasteiger partial charge in [-0.3, -0.25) is 9.59 Å². The van der Waals surface area contributed by atoms with Crippen LogP contribution in [0.25, 0.3) is 0 Å². The van der Waals surface area contributed by atoms with E-state index in [4.69, 9.17) is 19.0 Å². The van der Waals surface area contributed by atoms with Gasteiger partial charge in [-0.05, 0) is 24.6 Å². The molecule has 10 heteroatoms. The van der Waals surface area contributed by atoms with Crippen molar-refractivity contribution >= 4 is 60.0 Å². The van der Waals surface area contributed by atoms with Crippen molar-refractivity contribution in [2.45, 2.75) is 32.2 Å². The van der Waals surface area contributed by atoms with E-state index in [0.717, 1.165) is 24.6 Å². The van der Waals surface area contributed by atoms with Crippen LogP contribution in [-0.4, -0.2) is 44.7 Å². The molecule has 21 heavy (non-hydrogen) atoms. The van der Waals surface area contributed by atoms with Crippen molar-refractivity contribution in [1.29, 1.82) is 0 Å². The van der Waals surface area contributed by atoms with Gasteiger partial charge in [-0.1, -0.05) is 12.2 Å². The fraction of sp³-hybridized carbons (Fsp3) is 0.727. The first kappa shape index (κ1) is 23.3. The molecule has 0 fully saturated rings. The Morgan fingerprint density at radius 3 is 1.95 bits per heavy atom. The monoisotopic (exact) mass is 373 g/mol. The van der Waals surface area contributed by atoms with Crippen LogP contribution in [0.3, 0.4) is 0 Å². The lowest BCUT2D eigenvalue weighted by atomic mass is 10.3. The predicted molar refractivity (Wildman–Crippen MR) is 94.5 cm³/mol. The Labute approximate surface area is 142 Å². The molecule has 0 aromatic heterocycles. The molecule has 0 aliphatic rings. The molecule has 0 atom stereocenters. The Balaban J connectivity index is 0. The van der Waals surface area contributed by atoms with Crippen molar-refractivity contribution in [2.24, 2.45) is 5.73 Å². The summed E-state index contributed by atoms with van der Waals surface area (Å²) in [7, 11) is 2.24. The number of hydrogen-bond donors (Lipinski definition) is 2. The van der Waals surface area contributed by atoms with Gasteiger partial charge in [0, 0.05) is 40.7 Å². The molecule has 0 saturated carbocycles. The lowest BCUT2D eigenvalue weighted by Crippen LogP contribution is -2.42. The third-order valence-corrected chi connectivity index (χ3v) is 5.98. The summed E-state index contributed by atoms with van der Waals surface area (Å²) in [5.74, 6) is 0. The quantitative estimate of drug-likeness (QED) is 0.289. The molecule has 0 unspecified atom stereocenters. The van der Waals surface area contributed by atoms with Gasteiger partial charge in [0.05, 0.1) is 0 Å². The van der Waals surface area contributed by atoms with Gasteiger partial charge in [0.1, 0.15) is 4.32 Å². The highest BCUT2D eigenvalue weighted by Crippen LogP contribution is 2.18. The van der Waals surface area contributed by atoms with Gasteiger partial charge in [-0.2, -0.15) is 0 Å². The molecule has 0 aliphatic heterocycles. The zero-order valence-electron chi connectivity index (χ0n) is 12.7. The Kier molecular flexibility index (Phi) is 15.2. The minimum absolute atomic E-state index is 0.00276. The molecule has 124 valence electrons. The molecule has 0 aliphatic carbocycles. The van der Waals surface area contributed by atoms with Crippen molar-refractivity contribution in [3.05, 3.63) is 0 Å². The third kappa shape index (κ3) is 14.7. The fourth-order valence-electron chi connectivity index (χ4n) is 1.33. The standard InChI is InChI=1S/C9H19NO4S2Si.C2H4OS/c1-12-17(13-2,14-3)7-5-4-6-8(11)16-9(10)15;1-2(3)4/h4-7H2,1-3H3,(H2,10,15);1H3,(H,3,4). The highest BCUT2D eigenvalue weighted by Gasteiger charge is 2.36. The molecular formula is C11H23NO5S3Si. The smallest absolute Gasteiger partial charge is 0.384 e. The molecule has 2 N–H and O–H groups in total. The Bertz CT molecular complexity index is 328. The Morgan fingerprint density at radius 2 is 1.62 bits per heavy atom. The van der Waals surface area contributed by atoms with Gasteiger partial charge >= 0.3 is 8.80 Å². The van der Waals surface area contributed by atoms with Crippen molar-refractivity contribution in [3.63, 3.8) is 0 Å². The van der Waals surface area contributed by atoms with Gasteiger partial charge in [0.25, 0.3) is 0 Å². The van der Waals surface area contributed by atoms with E-state index in [2.05, 4.69) is 24.8 Å². The van der Waals surface area contributed by atoms with E-state index in [1.54, 1.807) is 21.3 Å². The molecule has 0 bridgehead atoms. The van der Waals surface area contributed by atoms with Gasteiger partial charge in [-0.25, -0.2) is 0 Å². The number of carbonyl (C=O) groups is 2. The molecule has 0 radical (unpaired) electrons. The molecule has 0 spiro atoms. The summed E-state index contributed by atoms with van der Waals surface area (Å²) in [4.78, 5) is 20.6. The van der Waals surface area contributed by atoms with Crippen LogP contribution in [0.5, 0.6) is 0 Å². The van der Waals surface area contributed by atoms with Crippen LogP contribution in [0.15, 0.2) is 0 Å². The summed E-state index contributed by atoms with van der Waals surface area (Å²) in [6.45, 7) is 1.39. The first-order valence-corrected chi connectivity index (χ1v) is 9.68. The largest absolute Gasteiger partial charge is 0.500 e. The average molecular weight is 374 g/mol. The van der Waals surface area contributed by atoms with Gasteiger partial charge < -0.3 is 19.0 Å². The average Bonchev–Trinajstić information content (AvgIpc) is 2.38. The molecule has 0 amide bonds. The minimum Gasteiger partial charge on any atom is -0.384 e. The van der Waals surface area contributed by atoms with Crippen molar-refractivity contribution in [3.8, 4) is 0 Å². The van der Waals surface area contributed by atoms with E-state index in [0.29, 0.717) is 12.5 Å². The van der Waals surface area contributed by atoms with Crippen LogP contribution in [-0.2, 0) is 22.9 Å². The number of nitrogens with two attached hydrogens (primary N) is 1. The summed E-state index contributed by atoms with van der Waals surface area (Å²) < 4.78 is 16.0. The van der Waals surface area contributed by atoms with E-state index < -0.39 is 8.80 Å². The van der Waals surface area contributed by atoms with Crippen LogP contribution in [0.4, 0.5) is 0 Å². The van der Waals surface area contributed by atoms with Gasteiger partial charge in [-0.15, -0.1) is 12.6 Å². The third-order valence-electron chi connectivity index (χ3n) is 2.26. The number of thioether (sulfide) groups is 1. The first-order valence-electron chi connectivity index (χ1n) is 6.08. The van der Waals surface area contributed by atoms with Crippen LogP contribution >= 0.6 is 36.6 Å². The normalized spacial score (nSPS) is 10.5. The zero-order chi connectivity index (χ0) is 16.9. The lowest BCUT2D eigenvalue weighted by molar-refractivity contribution is -0.111. The van der Waals surface area contributed by atoms with Crippen molar-refractivity contribution in [1.82, 2.24) is 0 Å². The Hall–Kier alpha value is 0.0269. The molecule has 0 aromatic carbocycles. The van der Waals surface area contributed by atoms with Crippen LogP contribution < -0.4 is 5.73 Å². The number of carbonyl (C=O) groups excluding carboxylic acids is 2. The highest BCUT2D eigenvalue weighted by molar-refractivity contribution is 8.32. The molecule has 0 heterocycles. The fourth-order valence-corrected chi connectivity index (χ4v) is 3.88. The minimum atomic E-state index is -2.49. The van der Waals surface area contributed by atoms with E-state index in [1.165, 1.54) is 6.92 Å². The summed E-state index contributed by atoms with van der Waals surface area (Å²) in [6, 6.07) is 0.696. The number of thiocarbonyl (C=S) groups is 1. The van der Waals surface area contributed by atoms with E-state index in [9.17, 15) is 9.59 Å². The number of thiol groups is 1. The number of unbranched alkanes of at least 4 members (excludes halogenated alkanes) is 1. The SMILES string of the molecule is CC(=O)S.CO[Si](CCCCC(=O)SC(N)=S)(OC)OC. The molecule has 0 rings (SSSR count). The summed E-state index contributed by atoms with van der Waals surface area (Å²) in [5, 5.41) is -0.142. The second kappa shape index (κ2) is 13.7. The van der Waals surface area contributed by atoms with Gasteiger partial charge in [0.15, 0.2) is 10.2 Å². The Morgan fingerprint density at radius 1 is 1.19 bits per heavy atom. The van der Waals surface area contributed by atoms with Crippen LogP contribution in [0, 0.1) is 0 Å². The van der Waals surface area contributed by atoms with E-state index in [-0.39, 0.29) is 14.6 Å². The maximum absolute atomic E-state index is 11.3. The number of rotatable bonds is 8. The molecule has 0 saturated heterocycles. The molecule has 0 aromatic rings. The van der Waals surface area contributed by atoms with Crippen molar-refractivity contribution < 1.29 is 22.9 Å². The summed E-state index contributed by atoms with van der Waals surface area (Å²) in [5.41, 5.74) is 5.25. The first-order chi connectivity index (χ1) is 9.72.